The Morgan fingerprint density at radius 3 is 2.47 bits per heavy atom. The lowest BCUT2D eigenvalue weighted by atomic mass is 10.1. The van der Waals surface area contributed by atoms with Gasteiger partial charge in [0.1, 0.15) is 11.4 Å². The molecule has 0 amide bonds. The van der Waals surface area contributed by atoms with Crippen LogP contribution in [0.1, 0.15) is 18.1 Å². The molecule has 204 valence electrons. The summed E-state index contributed by atoms with van der Waals surface area (Å²) in [6.45, 7) is 2.42. The molecule has 4 rings (SSSR count). The Bertz CT molecular complexity index is 1310. The third-order valence-electron chi connectivity index (χ3n) is 5.97. The van der Waals surface area contributed by atoms with E-state index in [9.17, 15) is 35.9 Å². The molecule has 2 aliphatic heterocycles. The van der Waals surface area contributed by atoms with Crippen molar-refractivity contribution in [2.24, 2.45) is 0 Å². The Kier molecular flexibility index (Phi) is 7.56. The number of benzene rings is 1. The van der Waals surface area contributed by atoms with Crippen molar-refractivity contribution in [3.05, 3.63) is 51.9 Å². The number of carbonyl (C=O) groups excluding carboxylic acids is 1. The number of rotatable bonds is 5. The highest BCUT2D eigenvalue weighted by Gasteiger charge is 2.49. The van der Waals surface area contributed by atoms with Gasteiger partial charge in [0, 0.05) is 26.2 Å². The number of hydrogen-bond donors (Lipinski definition) is 1. The lowest BCUT2D eigenvalue weighted by Gasteiger charge is -2.40. The zero-order valence-electron chi connectivity index (χ0n) is 19.9. The molecule has 3 heterocycles. The van der Waals surface area contributed by atoms with Gasteiger partial charge in [-0.25, -0.2) is 9.48 Å². The molecule has 38 heavy (non-hydrogen) atoms. The van der Waals surface area contributed by atoms with E-state index >= 15 is 0 Å². The zero-order chi connectivity index (χ0) is 27.7. The summed E-state index contributed by atoms with van der Waals surface area (Å²) in [6, 6.07) is 4.66. The highest BCUT2D eigenvalue weighted by atomic mass is 19.4. The highest BCUT2D eigenvalue weighted by Crippen LogP contribution is 2.39. The maximum absolute atomic E-state index is 13.6. The Hall–Kier alpha value is -3.77. The summed E-state index contributed by atoms with van der Waals surface area (Å²) < 4.78 is 80.7. The first-order valence-electron chi connectivity index (χ1n) is 11.4. The van der Waals surface area contributed by atoms with E-state index in [0.717, 1.165) is 16.9 Å². The molecule has 0 bridgehead atoms. The molecule has 1 aromatic carbocycles. The summed E-state index contributed by atoms with van der Waals surface area (Å²) in [7, 11) is 0. The number of alkyl halides is 6. The van der Waals surface area contributed by atoms with Crippen molar-refractivity contribution in [1.82, 2.24) is 20.0 Å². The highest BCUT2D eigenvalue weighted by molar-refractivity contribution is 5.81. The van der Waals surface area contributed by atoms with E-state index in [1.165, 1.54) is 30.0 Å². The van der Waals surface area contributed by atoms with Crippen LogP contribution in [0.15, 0.2) is 35.3 Å². The van der Waals surface area contributed by atoms with Gasteiger partial charge in [-0.2, -0.15) is 36.5 Å². The van der Waals surface area contributed by atoms with Crippen molar-refractivity contribution in [3.8, 4) is 11.8 Å². The van der Waals surface area contributed by atoms with Crippen LogP contribution in [0.5, 0.6) is 0 Å². The van der Waals surface area contributed by atoms with Gasteiger partial charge in [0.05, 0.1) is 24.8 Å². The maximum Gasteiger partial charge on any atom is 0.493 e. The molecule has 15 heteroatoms. The number of fused-ring (bicyclic) bond motifs is 1. The molecule has 1 unspecified atom stereocenters. The number of nitrogens with one attached hydrogen (secondary N) is 1. The fraction of sp³-hybridized carbons (Fsp3) is 0.435. The Labute approximate surface area is 212 Å². The number of nitrogens with zero attached hydrogens (tertiary/aromatic N) is 5. The molecule has 0 saturated carbocycles. The van der Waals surface area contributed by atoms with Gasteiger partial charge in [0.15, 0.2) is 6.29 Å². The van der Waals surface area contributed by atoms with Gasteiger partial charge < -0.3 is 15.1 Å². The van der Waals surface area contributed by atoms with Gasteiger partial charge in [-0.15, -0.1) is 5.92 Å². The van der Waals surface area contributed by atoms with E-state index in [2.05, 4.69) is 22.3 Å². The molecule has 1 aromatic heterocycles. The van der Waals surface area contributed by atoms with Gasteiger partial charge in [0.2, 0.25) is 0 Å². The molecule has 1 N–H and O–H groups in total. The van der Waals surface area contributed by atoms with E-state index in [1.54, 1.807) is 4.90 Å². The summed E-state index contributed by atoms with van der Waals surface area (Å²) in [5, 5.41) is 7.67. The predicted molar refractivity (Wildman–Crippen MR) is 123 cm³/mol. The SMILES string of the molecule is CC#CCN1c2c(cnn(Cc3ccccc3C(F)(F)F)c2=O)N(OC(=O)C(F)(F)F)C1N1CCNCC1. The number of piperazine rings is 1. The van der Waals surface area contributed by atoms with Gasteiger partial charge >= 0.3 is 18.3 Å². The van der Waals surface area contributed by atoms with E-state index in [4.69, 9.17) is 4.84 Å². The normalized spacial score (nSPS) is 18.1. The summed E-state index contributed by atoms with van der Waals surface area (Å²) in [5.74, 6) is 2.90. The van der Waals surface area contributed by atoms with Crippen molar-refractivity contribution >= 4 is 17.3 Å². The van der Waals surface area contributed by atoms with E-state index in [0.29, 0.717) is 31.2 Å². The summed E-state index contributed by atoms with van der Waals surface area (Å²) in [4.78, 5) is 33.2. The lowest BCUT2D eigenvalue weighted by Crippen LogP contribution is -2.61. The third kappa shape index (κ3) is 5.41. The van der Waals surface area contributed by atoms with Crippen LogP contribution >= 0.6 is 0 Å². The Morgan fingerprint density at radius 2 is 1.84 bits per heavy atom. The first-order valence-corrected chi connectivity index (χ1v) is 11.4. The second-order valence-electron chi connectivity index (χ2n) is 8.39. The summed E-state index contributed by atoms with van der Waals surface area (Å²) in [6.07, 6.45) is -10.2. The Morgan fingerprint density at radius 1 is 1.16 bits per heavy atom. The minimum atomic E-state index is -5.32. The standard InChI is InChI=1S/C23H22F6N6O3/c1-2-3-10-33-18-17(35(38-20(37)23(27,28)29)21(33)32-11-8-30-9-12-32)13-31-34(19(18)36)14-15-6-4-5-7-16(15)22(24,25)26/h4-7,13,21,30H,8-12,14H2,1H3. The second-order valence-corrected chi connectivity index (χ2v) is 8.39. The number of carbonyl (C=O) groups is 1. The minimum Gasteiger partial charge on any atom is -0.329 e. The number of halogens is 6. The molecular formula is C23H22F6N6O3. The summed E-state index contributed by atoms with van der Waals surface area (Å²) >= 11 is 0. The van der Waals surface area contributed by atoms with Crippen molar-refractivity contribution in [2.75, 3.05) is 42.7 Å². The van der Waals surface area contributed by atoms with Gasteiger partial charge in [-0.1, -0.05) is 24.1 Å². The zero-order valence-corrected chi connectivity index (χ0v) is 19.9. The fourth-order valence-electron chi connectivity index (χ4n) is 4.30. The predicted octanol–water partition coefficient (Wildman–Crippen LogP) is 2.17. The minimum absolute atomic E-state index is 0.142. The topological polar surface area (TPSA) is 82.9 Å². The third-order valence-corrected chi connectivity index (χ3v) is 5.97. The average Bonchev–Trinajstić information content (AvgIpc) is 3.17. The van der Waals surface area contributed by atoms with Crippen molar-refractivity contribution in [1.29, 1.82) is 0 Å². The average molecular weight is 544 g/mol. The van der Waals surface area contributed by atoms with Crippen molar-refractivity contribution < 1.29 is 36.0 Å². The maximum atomic E-state index is 13.6. The van der Waals surface area contributed by atoms with E-state index < -0.39 is 42.3 Å². The van der Waals surface area contributed by atoms with E-state index in [-0.39, 0.29) is 23.5 Å². The van der Waals surface area contributed by atoms with Gasteiger partial charge in [-0.3, -0.25) is 9.69 Å². The molecule has 0 aliphatic carbocycles. The molecule has 0 spiro atoms. The van der Waals surface area contributed by atoms with Crippen LogP contribution in [0.25, 0.3) is 0 Å². The molecule has 1 atom stereocenters. The Balaban J connectivity index is 1.82. The van der Waals surface area contributed by atoms with Gasteiger partial charge in [0.25, 0.3) is 5.56 Å². The van der Waals surface area contributed by atoms with Gasteiger partial charge in [-0.05, 0) is 18.6 Å². The molecule has 2 aromatic rings. The van der Waals surface area contributed by atoms with Crippen LogP contribution in [0, 0.1) is 11.8 Å². The van der Waals surface area contributed by atoms with Crippen molar-refractivity contribution in [2.45, 2.75) is 32.1 Å². The van der Waals surface area contributed by atoms with Crippen LogP contribution in [0.4, 0.5) is 37.7 Å². The number of hydrogen-bond acceptors (Lipinski definition) is 8. The fourth-order valence-corrected chi connectivity index (χ4v) is 4.30. The first-order chi connectivity index (χ1) is 17.9. The monoisotopic (exact) mass is 544 g/mol. The number of aromatic nitrogens is 2. The first kappa shape index (κ1) is 27.3. The number of hydroxylamine groups is 1. The van der Waals surface area contributed by atoms with Crippen LogP contribution in [-0.4, -0.2) is 65.8 Å². The molecule has 1 fully saturated rings. The van der Waals surface area contributed by atoms with E-state index in [1.807, 2.05) is 0 Å². The molecule has 9 nitrogen and oxygen atoms in total. The molecule has 1 saturated heterocycles. The van der Waals surface area contributed by atoms with Crippen LogP contribution < -0.4 is 20.8 Å². The lowest BCUT2D eigenvalue weighted by molar-refractivity contribution is -0.203. The second kappa shape index (κ2) is 10.5. The number of anilines is 2. The quantitative estimate of drug-likeness (QED) is 0.453. The van der Waals surface area contributed by atoms with Crippen LogP contribution in [0.2, 0.25) is 0 Å². The van der Waals surface area contributed by atoms with Crippen molar-refractivity contribution in [3.63, 3.8) is 0 Å². The van der Waals surface area contributed by atoms with Crippen LogP contribution in [0.3, 0.4) is 0 Å². The molecule has 0 radical (unpaired) electrons. The smallest absolute Gasteiger partial charge is 0.329 e. The molecule has 2 aliphatic rings. The van der Waals surface area contributed by atoms with Crippen LogP contribution in [-0.2, 0) is 22.4 Å². The summed E-state index contributed by atoms with van der Waals surface area (Å²) in [5.41, 5.74) is -2.52. The molecular weight excluding hydrogens is 522 g/mol. The largest absolute Gasteiger partial charge is 0.493 e.